The number of hydrogen-bond donors (Lipinski definition) is 3. The number of para-hydroxylation sites is 1. The topological polar surface area (TPSA) is 50.1 Å². The molecule has 1 aromatic carbocycles. The molecule has 12 heavy (non-hydrogen) atoms. The van der Waals surface area contributed by atoms with Crippen LogP contribution < -0.4 is 16.6 Å². The Labute approximate surface area is 72.9 Å². The summed E-state index contributed by atoms with van der Waals surface area (Å²) in [5.74, 6) is 5.25. The van der Waals surface area contributed by atoms with Gasteiger partial charge in [0.1, 0.15) is 0 Å². The Hall–Kier alpha value is -1.06. The van der Waals surface area contributed by atoms with Crippen LogP contribution in [-0.4, -0.2) is 12.6 Å². The fourth-order valence-electron chi connectivity index (χ4n) is 0.886. The maximum atomic E-state index is 5.25. The summed E-state index contributed by atoms with van der Waals surface area (Å²) in [6.07, 6.45) is 0. The molecule has 0 fully saturated rings. The van der Waals surface area contributed by atoms with Crippen molar-refractivity contribution in [2.24, 2.45) is 5.84 Å². The maximum Gasteiger partial charge on any atom is 0.0355 e. The summed E-state index contributed by atoms with van der Waals surface area (Å²) in [5.41, 5.74) is 3.80. The molecule has 1 atom stereocenters. The van der Waals surface area contributed by atoms with Crippen molar-refractivity contribution in [1.29, 1.82) is 0 Å². The average Bonchev–Trinajstić information content (AvgIpc) is 2.16. The van der Waals surface area contributed by atoms with Crippen molar-refractivity contribution in [3.63, 3.8) is 0 Å². The third-order valence-electron chi connectivity index (χ3n) is 1.67. The van der Waals surface area contributed by atoms with Crippen molar-refractivity contribution >= 4 is 5.69 Å². The quantitative estimate of drug-likeness (QED) is 0.460. The molecule has 66 valence electrons. The number of rotatable bonds is 4. The molecule has 3 heteroatoms. The molecule has 1 aromatic rings. The maximum absolute atomic E-state index is 5.25. The van der Waals surface area contributed by atoms with E-state index in [2.05, 4.69) is 10.7 Å². The second-order valence-corrected chi connectivity index (χ2v) is 2.81. The second-order valence-electron chi connectivity index (χ2n) is 2.81. The van der Waals surface area contributed by atoms with Gasteiger partial charge in [0, 0.05) is 18.3 Å². The Morgan fingerprint density at radius 3 is 2.58 bits per heavy atom. The predicted molar refractivity (Wildman–Crippen MR) is 51.7 cm³/mol. The molecule has 0 radical (unpaired) electrons. The van der Waals surface area contributed by atoms with Crippen molar-refractivity contribution in [2.75, 3.05) is 11.9 Å². The van der Waals surface area contributed by atoms with E-state index in [1.807, 2.05) is 37.3 Å². The normalized spacial score (nSPS) is 12.5. The number of hydrogen-bond acceptors (Lipinski definition) is 3. The first kappa shape index (κ1) is 9.03. The first-order valence-electron chi connectivity index (χ1n) is 4.08. The van der Waals surface area contributed by atoms with Gasteiger partial charge in [-0.15, -0.1) is 0 Å². The lowest BCUT2D eigenvalue weighted by Crippen LogP contribution is -2.37. The van der Waals surface area contributed by atoms with Crippen molar-refractivity contribution in [3.05, 3.63) is 30.3 Å². The molecule has 1 rings (SSSR count). The monoisotopic (exact) mass is 165 g/mol. The fraction of sp³-hybridized carbons (Fsp3) is 0.333. The van der Waals surface area contributed by atoms with Crippen molar-refractivity contribution in [3.8, 4) is 0 Å². The third kappa shape index (κ3) is 2.90. The van der Waals surface area contributed by atoms with Crippen LogP contribution in [0, 0.1) is 0 Å². The van der Waals surface area contributed by atoms with Gasteiger partial charge in [-0.05, 0) is 19.1 Å². The first-order chi connectivity index (χ1) is 5.83. The van der Waals surface area contributed by atoms with Crippen molar-refractivity contribution in [1.82, 2.24) is 5.43 Å². The van der Waals surface area contributed by atoms with E-state index in [0.717, 1.165) is 12.2 Å². The Morgan fingerprint density at radius 1 is 1.33 bits per heavy atom. The largest absolute Gasteiger partial charge is 0.383 e. The Balaban J connectivity index is 2.33. The van der Waals surface area contributed by atoms with E-state index in [-0.39, 0.29) is 6.04 Å². The van der Waals surface area contributed by atoms with E-state index >= 15 is 0 Å². The van der Waals surface area contributed by atoms with Gasteiger partial charge in [0.15, 0.2) is 0 Å². The first-order valence-corrected chi connectivity index (χ1v) is 4.08. The van der Waals surface area contributed by atoms with Crippen LogP contribution in [-0.2, 0) is 0 Å². The molecule has 0 bridgehead atoms. The molecule has 0 saturated carbocycles. The molecule has 0 saturated heterocycles. The zero-order valence-electron chi connectivity index (χ0n) is 7.25. The van der Waals surface area contributed by atoms with Gasteiger partial charge < -0.3 is 5.32 Å². The summed E-state index contributed by atoms with van der Waals surface area (Å²) in [6.45, 7) is 2.86. The molecular weight excluding hydrogens is 150 g/mol. The summed E-state index contributed by atoms with van der Waals surface area (Å²) in [4.78, 5) is 0. The van der Waals surface area contributed by atoms with Gasteiger partial charge in [-0.2, -0.15) is 0 Å². The van der Waals surface area contributed by atoms with Crippen LogP contribution in [0.1, 0.15) is 6.92 Å². The van der Waals surface area contributed by atoms with Crippen LogP contribution >= 0.6 is 0 Å². The molecule has 0 heterocycles. The highest BCUT2D eigenvalue weighted by Crippen LogP contribution is 2.03. The van der Waals surface area contributed by atoms with Crippen LogP contribution in [0.2, 0.25) is 0 Å². The lowest BCUT2D eigenvalue weighted by atomic mass is 10.3. The summed E-state index contributed by atoms with van der Waals surface area (Å²) in [7, 11) is 0. The fourth-order valence-corrected chi connectivity index (χ4v) is 0.886. The van der Waals surface area contributed by atoms with Gasteiger partial charge in [-0.3, -0.25) is 11.3 Å². The van der Waals surface area contributed by atoms with E-state index < -0.39 is 0 Å². The number of hydrazine groups is 1. The number of anilines is 1. The standard InChI is InChI=1S/C9H15N3/c1-8(12-10)7-11-9-5-3-2-4-6-9/h2-6,8,11-12H,7,10H2,1H3. The predicted octanol–water partition coefficient (Wildman–Crippen LogP) is 0.950. The van der Waals surface area contributed by atoms with Crippen LogP contribution in [0.4, 0.5) is 5.69 Å². The van der Waals surface area contributed by atoms with E-state index in [1.165, 1.54) is 0 Å². The summed E-state index contributed by atoms with van der Waals surface area (Å²) in [5, 5.41) is 3.25. The molecule has 0 aliphatic heterocycles. The summed E-state index contributed by atoms with van der Waals surface area (Å²) < 4.78 is 0. The molecule has 3 nitrogen and oxygen atoms in total. The lowest BCUT2D eigenvalue weighted by molar-refractivity contribution is 0.593. The minimum Gasteiger partial charge on any atom is -0.383 e. The Morgan fingerprint density at radius 2 is 2.00 bits per heavy atom. The van der Waals surface area contributed by atoms with Gasteiger partial charge in [0.2, 0.25) is 0 Å². The molecule has 0 amide bonds. The second kappa shape index (κ2) is 4.74. The molecule has 0 spiro atoms. The molecule has 1 unspecified atom stereocenters. The Bertz CT molecular complexity index is 210. The highest BCUT2D eigenvalue weighted by Gasteiger charge is 1.96. The van der Waals surface area contributed by atoms with Gasteiger partial charge in [-0.1, -0.05) is 18.2 Å². The molecule has 0 aliphatic rings. The number of benzene rings is 1. The minimum atomic E-state index is 0.283. The average molecular weight is 165 g/mol. The molecule has 0 aromatic heterocycles. The number of nitrogens with one attached hydrogen (secondary N) is 2. The van der Waals surface area contributed by atoms with Crippen LogP contribution in [0.25, 0.3) is 0 Å². The molecule has 4 N–H and O–H groups in total. The van der Waals surface area contributed by atoms with Gasteiger partial charge in [-0.25, -0.2) is 0 Å². The van der Waals surface area contributed by atoms with E-state index in [4.69, 9.17) is 5.84 Å². The molecular formula is C9H15N3. The highest BCUT2D eigenvalue weighted by molar-refractivity contribution is 5.42. The van der Waals surface area contributed by atoms with Crippen LogP contribution in [0.3, 0.4) is 0 Å². The number of nitrogens with two attached hydrogens (primary N) is 1. The van der Waals surface area contributed by atoms with Gasteiger partial charge in [0.05, 0.1) is 0 Å². The zero-order chi connectivity index (χ0) is 8.81. The van der Waals surface area contributed by atoms with E-state index in [9.17, 15) is 0 Å². The van der Waals surface area contributed by atoms with Crippen molar-refractivity contribution < 1.29 is 0 Å². The van der Waals surface area contributed by atoms with E-state index in [0.29, 0.717) is 0 Å². The highest BCUT2D eigenvalue weighted by atomic mass is 15.2. The summed E-state index contributed by atoms with van der Waals surface area (Å²) in [6, 6.07) is 10.3. The van der Waals surface area contributed by atoms with Gasteiger partial charge in [0.25, 0.3) is 0 Å². The zero-order valence-corrected chi connectivity index (χ0v) is 7.25. The Kier molecular flexibility index (Phi) is 3.57. The molecule has 0 aliphatic carbocycles. The SMILES string of the molecule is CC(CNc1ccccc1)NN. The van der Waals surface area contributed by atoms with Crippen LogP contribution in [0.5, 0.6) is 0 Å². The minimum absolute atomic E-state index is 0.283. The third-order valence-corrected chi connectivity index (χ3v) is 1.67. The van der Waals surface area contributed by atoms with Crippen LogP contribution in [0.15, 0.2) is 30.3 Å². The van der Waals surface area contributed by atoms with Gasteiger partial charge >= 0.3 is 0 Å². The van der Waals surface area contributed by atoms with E-state index in [1.54, 1.807) is 0 Å². The lowest BCUT2D eigenvalue weighted by Gasteiger charge is -2.11. The summed E-state index contributed by atoms with van der Waals surface area (Å²) >= 11 is 0. The van der Waals surface area contributed by atoms with Crippen molar-refractivity contribution in [2.45, 2.75) is 13.0 Å². The smallest absolute Gasteiger partial charge is 0.0355 e.